The lowest BCUT2D eigenvalue weighted by molar-refractivity contribution is 0.000935. The molecule has 0 rings (SSSR count). The lowest BCUT2D eigenvalue weighted by Crippen LogP contribution is -2.12. The molecule has 7 nitrogen and oxygen atoms in total. The first kappa shape index (κ1) is 19.7. The van der Waals surface area contributed by atoms with Crippen molar-refractivity contribution in [2.75, 3.05) is 59.4 Å². The second-order valence-electron chi connectivity index (χ2n) is 4.11. The number of hydrogen-bond acceptors (Lipinski definition) is 5. The summed E-state index contributed by atoms with van der Waals surface area (Å²) in [5, 5.41) is 3.47. The van der Waals surface area contributed by atoms with E-state index in [1.165, 1.54) is 0 Å². The van der Waals surface area contributed by atoms with Crippen LogP contribution in [0.1, 0.15) is 19.3 Å². The van der Waals surface area contributed by atoms with Crippen LogP contribution in [0, 0.1) is 12.3 Å². The van der Waals surface area contributed by atoms with Crippen molar-refractivity contribution in [2.24, 2.45) is 5.11 Å². The van der Waals surface area contributed by atoms with Gasteiger partial charge in [-0.25, -0.2) is 0 Å². The summed E-state index contributed by atoms with van der Waals surface area (Å²) < 4.78 is 21.1. The van der Waals surface area contributed by atoms with Crippen molar-refractivity contribution < 1.29 is 18.9 Å². The molecule has 0 aromatic carbocycles. The first-order valence-electron chi connectivity index (χ1n) is 7.17. The van der Waals surface area contributed by atoms with Gasteiger partial charge in [-0.05, 0) is 18.4 Å². The van der Waals surface area contributed by atoms with Crippen molar-refractivity contribution in [3.63, 3.8) is 0 Å². The van der Waals surface area contributed by atoms with E-state index >= 15 is 0 Å². The van der Waals surface area contributed by atoms with Gasteiger partial charge in [0.15, 0.2) is 0 Å². The van der Waals surface area contributed by atoms with Crippen LogP contribution < -0.4 is 0 Å². The minimum Gasteiger partial charge on any atom is -0.379 e. The Bertz CT molecular complexity index is 301. The van der Waals surface area contributed by atoms with Gasteiger partial charge in [-0.2, -0.15) is 0 Å². The fourth-order valence-corrected chi connectivity index (χ4v) is 1.40. The highest BCUT2D eigenvalue weighted by Crippen LogP contribution is 1.96. The molecule has 21 heavy (non-hydrogen) atoms. The Morgan fingerprint density at radius 3 is 1.95 bits per heavy atom. The Kier molecular flexibility index (Phi) is 17.6. The van der Waals surface area contributed by atoms with Crippen LogP contribution in [0.4, 0.5) is 0 Å². The predicted octanol–water partition coefficient (Wildman–Crippen LogP) is 2.17. The van der Waals surface area contributed by atoms with Crippen LogP contribution >= 0.6 is 0 Å². The Labute approximate surface area is 126 Å². The number of nitrogens with zero attached hydrogens (tertiary/aromatic N) is 3. The average Bonchev–Trinajstić information content (AvgIpc) is 2.50. The van der Waals surface area contributed by atoms with Gasteiger partial charge >= 0.3 is 0 Å². The van der Waals surface area contributed by atoms with Gasteiger partial charge in [0, 0.05) is 18.1 Å². The zero-order valence-corrected chi connectivity index (χ0v) is 12.5. The Morgan fingerprint density at radius 1 is 0.810 bits per heavy atom. The molecule has 0 fully saturated rings. The summed E-state index contributed by atoms with van der Waals surface area (Å²) in [6.07, 6.45) is 7.92. The van der Waals surface area contributed by atoms with Crippen LogP contribution in [0.25, 0.3) is 10.4 Å². The largest absolute Gasteiger partial charge is 0.379 e. The molecule has 0 aliphatic rings. The average molecular weight is 299 g/mol. The zero-order valence-electron chi connectivity index (χ0n) is 12.5. The Hall–Kier alpha value is -1.29. The highest BCUT2D eigenvalue weighted by atomic mass is 16.6. The van der Waals surface area contributed by atoms with Gasteiger partial charge in [-0.3, -0.25) is 0 Å². The molecule has 0 amide bonds. The Balaban J connectivity index is 2.96. The molecular weight excluding hydrogens is 274 g/mol. The molecule has 0 N–H and O–H groups in total. The summed E-state index contributed by atoms with van der Waals surface area (Å²) in [5.41, 5.74) is 8.09. The molecule has 0 spiro atoms. The van der Waals surface area contributed by atoms with E-state index in [-0.39, 0.29) is 0 Å². The fourth-order valence-electron chi connectivity index (χ4n) is 1.40. The first-order chi connectivity index (χ1) is 10.4. The molecule has 0 aromatic rings. The maximum Gasteiger partial charge on any atom is 0.107 e. The normalized spacial score (nSPS) is 10.0. The van der Waals surface area contributed by atoms with Crippen molar-refractivity contribution in [3.05, 3.63) is 10.4 Å². The van der Waals surface area contributed by atoms with Crippen LogP contribution in [-0.4, -0.2) is 59.4 Å². The number of rotatable bonds is 16. The summed E-state index contributed by atoms with van der Waals surface area (Å²) in [6.45, 7) is 4.87. The van der Waals surface area contributed by atoms with Crippen LogP contribution in [0.15, 0.2) is 5.11 Å². The number of ether oxygens (including phenoxy) is 4. The maximum atomic E-state index is 8.09. The lowest BCUT2D eigenvalue weighted by atomic mass is 10.2. The minimum absolute atomic E-state index is 0.322. The van der Waals surface area contributed by atoms with E-state index in [0.717, 1.165) is 19.3 Å². The molecule has 0 unspecified atom stereocenters. The van der Waals surface area contributed by atoms with Crippen molar-refractivity contribution in [1.29, 1.82) is 0 Å². The third-order valence-corrected chi connectivity index (χ3v) is 2.41. The SMILES string of the molecule is C#CCOCCOCCOCCOCCCCCN=[N+]=[N-]. The summed E-state index contributed by atoms with van der Waals surface area (Å²) >= 11 is 0. The summed E-state index contributed by atoms with van der Waals surface area (Å²) in [7, 11) is 0. The fraction of sp³-hybridized carbons (Fsp3) is 0.857. The summed E-state index contributed by atoms with van der Waals surface area (Å²) in [6, 6.07) is 0. The molecule has 0 radical (unpaired) electrons. The first-order valence-corrected chi connectivity index (χ1v) is 7.17. The molecule has 0 saturated heterocycles. The van der Waals surface area contributed by atoms with Crippen molar-refractivity contribution >= 4 is 0 Å². The second kappa shape index (κ2) is 18.7. The van der Waals surface area contributed by atoms with E-state index in [1.807, 2.05) is 0 Å². The quantitative estimate of drug-likeness (QED) is 0.144. The van der Waals surface area contributed by atoms with E-state index in [1.54, 1.807) is 0 Å². The maximum absolute atomic E-state index is 8.09. The van der Waals surface area contributed by atoms with Gasteiger partial charge in [0.1, 0.15) is 6.61 Å². The predicted molar refractivity (Wildman–Crippen MR) is 80.0 cm³/mol. The molecule has 7 heteroatoms. The molecule has 120 valence electrons. The van der Waals surface area contributed by atoms with Gasteiger partial charge in [0.25, 0.3) is 0 Å². The molecule has 0 aromatic heterocycles. The molecule has 0 saturated carbocycles. The molecule has 0 aliphatic heterocycles. The van der Waals surface area contributed by atoms with E-state index in [2.05, 4.69) is 15.9 Å². The molecular formula is C14H25N3O4. The molecule has 0 aliphatic carbocycles. The Morgan fingerprint density at radius 2 is 1.38 bits per heavy atom. The van der Waals surface area contributed by atoms with E-state index in [9.17, 15) is 0 Å². The highest BCUT2D eigenvalue weighted by Gasteiger charge is 1.93. The van der Waals surface area contributed by atoms with Crippen LogP contribution in [-0.2, 0) is 18.9 Å². The van der Waals surface area contributed by atoms with Gasteiger partial charge in [0.2, 0.25) is 0 Å². The van der Waals surface area contributed by atoms with Gasteiger partial charge in [-0.1, -0.05) is 17.5 Å². The summed E-state index contributed by atoms with van der Waals surface area (Å²) in [4.78, 5) is 2.70. The molecule has 0 heterocycles. The molecule has 0 atom stereocenters. The van der Waals surface area contributed by atoms with Gasteiger partial charge in [0.05, 0.1) is 39.6 Å². The van der Waals surface area contributed by atoms with E-state index in [4.69, 9.17) is 30.9 Å². The van der Waals surface area contributed by atoms with Gasteiger partial charge < -0.3 is 18.9 Å². The minimum atomic E-state index is 0.322. The lowest BCUT2D eigenvalue weighted by Gasteiger charge is -2.06. The smallest absolute Gasteiger partial charge is 0.107 e. The second-order valence-corrected chi connectivity index (χ2v) is 4.11. The van der Waals surface area contributed by atoms with Gasteiger partial charge in [-0.15, -0.1) is 6.42 Å². The van der Waals surface area contributed by atoms with Crippen LogP contribution in [0.5, 0.6) is 0 Å². The monoisotopic (exact) mass is 299 g/mol. The number of terminal acetylenes is 1. The third-order valence-electron chi connectivity index (χ3n) is 2.41. The topological polar surface area (TPSA) is 85.7 Å². The van der Waals surface area contributed by atoms with Crippen molar-refractivity contribution in [1.82, 2.24) is 0 Å². The number of hydrogen-bond donors (Lipinski definition) is 0. The number of azide groups is 1. The summed E-state index contributed by atoms with van der Waals surface area (Å²) in [5.74, 6) is 2.38. The van der Waals surface area contributed by atoms with E-state index < -0.39 is 0 Å². The standard InChI is InChI=1S/C14H25N3O4/c1-2-7-18-9-11-20-13-14-21-12-10-19-8-5-3-4-6-16-17-15/h1H,3-14H2. The van der Waals surface area contributed by atoms with Crippen LogP contribution in [0.3, 0.4) is 0 Å². The third kappa shape index (κ3) is 18.7. The van der Waals surface area contributed by atoms with Crippen LogP contribution in [0.2, 0.25) is 0 Å². The van der Waals surface area contributed by atoms with Crippen molar-refractivity contribution in [2.45, 2.75) is 19.3 Å². The highest BCUT2D eigenvalue weighted by molar-refractivity contribution is 4.82. The zero-order chi connectivity index (χ0) is 15.4. The molecule has 0 bridgehead atoms. The van der Waals surface area contributed by atoms with Crippen molar-refractivity contribution in [3.8, 4) is 12.3 Å². The number of unbranched alkanes of at least 4 members (excludes halogenated alkanes) is 2. The van der Waals surface area contributed by atoms with E-state index in [0.29, 0.717) is 59.4 Å².